The summed E-state index contributed by atoms with van der Waals surface area (Å²) >= 11 is 0. The van der Waals surface area contributed by atoms with E-state index in [-0.39, 0.29) is 24.9 Å². The zero-order chi connectivity index (χ0) is 20.7. The molecule has 0 bridgehead atoms. The number of nitrogens with zero attached hydrogens (tertiary/aromatic N) is 1. The highest BCUT2D eigenvalue weighted by Gasteiger charge is 2.23. The van der Waals surface area contributed by atoms with Crippen molar-refractivity contribution in [2.75, 3.05) is 13.1 Å². The number of carbonyl (C=O) groups excluding carboxylic acids is 2. The first kappa shape index (κ1) is 18.7. The van der Waals surface area contributed by atoms with Gasteiger partial charge in [-0.05, 0) is 60.4 Å². The fourth-order valence-corrected chi connectivity index (χ4v) is 3.98. The number of nitrogens with two attached hydrogens (primary N) is 1. The van der Waals surface area contributed by atoms with Crippen molar-refractivity contribution < 1.29 is 14.7 Å². The molecular formula is C21H23N5O3. The molecule has 0 radical (unpaired) electrons. The number of urea groups is 2. The molecule has 150 valence electrons. The Hall–Kier alpha value is -3.68. The van der Waals surface area contributed by atoms with Gasteiger partial charge in [0.15, 0.2) is 0 Å². The molecule has 0 unspecified atom stereocenters. The van der Waals surface area contributed by atoms with E-state index in [0.717, 1.165) is 44.1 Å². The third-order valence-electron chi connectivity index (χ3n) is 5.42. The number of hydrogen-bond acceptors (Lipinski definition) is 3. The Morgan fingerprint density at radius 2 is 1.97 bits per heavy atom. The standard InChI is InChI=1S/C21H23N5O3/c1-11-16-10-26(21(29)24-7-6-23-20(22)28)8-5-14(16)12(2)19-18(11)15-9-13(27)3-4-17(15)25-19/h3-5,8-9,25,27H,6-7,10H2,1-2H3,(H,24,29)(H3,22,23,28). The molecule has 1 aliphatic rings. The quantitative estimate of drug-likeness (QED) is 0.440. The van der Waals surface area contributed by atoms with Gasteiger partial charge in [-0.25, -0.2) is 9.59 Å². The molecule has 0 atom stereocenters. The third kappa shape index (κ3) is 3.22. The third-order valence-corrected chi connectivity index (χ3v) is 5.42. The number of hydrogen-bond donors (Lipinski definition) is 5. The average molecular weight is 393 g/mol. The van der Waals surface area contributed by atoms with E-state index in [1.807, 2.05) is 19.1 Å². The molecule has 0 fully saturated rings. The lowest BCUT2D eigenvalue weighted by molar-refractivity contribution is 0.213. The minimum absolute atomic E-state index is 0.221. The lowest BCUT2D eigenvalue weighted by Gasteiger charge is -2.27. The molecule has 1 aliphatic heterocycles. The lowest BCUT2D eigenvalue weighted by atomic mass is 9.90. The predicted molar refractivity (Wildman–Crippen MR) is 113 cm³/mol. The summed E-state index contributed by atoms with van der Waals surface area (Å²) in [6.45, 7) is 5.11. The Balaban J connectivity index is 1.67. The molecule has 4 amide bonds. The van der Waals surface area contributed by atoms with Crippen molar-refractivity contribution in [3.63, 3.8) is 0 Å². The van der Waals surface area contributed by atoms with Crippen LogP contribution in [0.3, 0.4) is 0 Å². The van der Waals surface area contributed by atoms with E-state index in [1.165, 1.54) is 0 Å². The number of carbonyl (C=O) groups is 2. The molecule has 1 aromatic heterocycles. The molecule has 29 heavy (non-hydrogen) atoms. The van der Waals surface area contributed by atoms with Gasteiger partial charge in [-0.3, -0.25) is 4.90 Å². The first-order chi connectivity index (χ1) is 13.9. The van der Waals surface area contributed by atoms with Gasteiger partial charge in [-0.1, -0.05) is 0 Å². The number of aromatic nitrogens is 1. The van der Waals surface area contributed by atoms with Crippen LogP contribution in [0.1, 0.15) is 22.3 Å². The molecule has 0 saturated heterocycles. The largest absolute Gasteiger partial charge is 0.508 e. The van der Waals surface area contributed by atoms with E-state index in [4.69, 9.17) is 5.73 Å². The van der Waals surface area contributed by atoms with E-state index in [9.17, 15) is 14.7 Å². The SMILES string of the molecule is Cc1c2c(c(C)c3c1[nH]c1ccc(O)cc13)CN(C(=O)NCCNC(N)=O)C=C2. The Labute approximate surface area is 167 Å². The number of aromatic amines is 1. The maximum atomic E-state index is 12.5. The Morgan fingerprint density at radius 1 is 1.21 bits per heavy atom. The van der Waals surface area contributed by atoms with Crippen LogP contribution in [0.2, 0.25) is 0 Å². The summed E-state index contributed by atoms with van der Waals surface area (Å²) < 4.78 is 0. The van der Waals surface area contributed by atoms with E-state index >= 15 is 0 Å². The second-order valence-electron chi connectivity index (χ2n) is 7.21. The van der Waals surface area contributed by atoms with Crippen LogP contribution in [0.4, 0.5) is 9.59 Å². The van der Waals surface area contributed by atoms with Gasteiger partial charge in [0, 0.05) is 35.6 Å². The highest BCUT2D eigenvalue weighted by atomic mass is 16.3. The average Bonchev–Trinajstić information content (AvgIpc) is 3.07. The monoisotopic (exact) mass is 393 g/mol. The van der Waals surface area contributed by atoms with E-state index in [2.05, 4.69) is 22.5 Å². The normalized spacial score (nSPS) is 13.0. The second kappa shape index (κ2) is 7.05. The van der Waals surface area contributed by atoms with Crippen molar-refractivity contribution in [2.24, 2.45) is 5.73 Å². The van der Waals surface area contributed by atoms with Crippen LogP contribution >= 0.6 is 0 Å². The first-order valence-corrected chi connectivity index (χ1v) is 9.39. The number of benzene rings is 2. The van der Waals surface area contributed by atoms with Crippen molar-refractivity contribution in [3.8, 4) is 5.75 Å². The summed E-state index contributed by atoms with van der Waals surface area (Å²) in [5, 5.41) is 17.2. The summed E-state index contributed by atoms with van der Waals surface area (Å²) in [7, 11) is 0. The van der Waals surface area contributed by atoms with Gasteiger partial charge in [0.05, 0.1) is 12.1 Å². The molecule has 2 aromatic carbocycles. The Bertz CT molecular complexity index is 1180. The number of aryl methyl sites for hydroxylation is 2. The molecule has 0 spiro atoms. The zero-order valence-corrected chi connectivity index (χ0v) is 16.3. The number of fused-ring (bicyclic) bond motifs is 4. The number of phenols is 1. The molecule has 2 heterocycles. The van der Waals surface area contributed by atoms with Crippen LogP contribution in [0, 0.1) is 13.8 Å². The van der Waals surface area contributed by atoms with Gasteiger partial charge in [-0.15, -0.1) is 0 Å². The van der Waals surface area contributed by atoms with Gasteiger partial charge >= 0.3 is 12.1 Å². The van der Waals surface area contributed by atoms with E-state index in [1.54, 1.807) is 23.2 Å². The number of phenolic OH excluding ortho intramolecular Hbond substituents is 1. The van der Waals surface area contributed by atoms with Gasteiger partial charge in [0.1, 0.15) is 5.75 Å². The summed E-state index contributed by atoms with van der Waals surface area (Å²) in [5.41, 5.74) is 11.4. The van der Waals surface area contributed by atoms with Gasteiger partial charge < -0.3 is 26.5 Å². The van der Waals surface area contributed by atoms with Crippen LogP contribution in [0.15, 0.2) is 24.4 Å². The zero-order valence-electron chi connectivity index (χ0n) is 16.3. The summed E-state index contributed by atoms with van der Waals surface area (Å²) in [4.78, 5) is 28.3. The number of H-pyrrole nitrogens is 1. The summed E-state index contributed by atoms with van der Waals surface area (Å²) in [6.07, 6.45) is 3.72. The van der Waals surface area contributed by atoms with Crippen molar-refractivity contribution in [1.82, 2.24) is 20.5 Å². The molecule has 3 aromatic rings. The summed E-state index contributed by atoms with van der Waals surface area (Å²) in [5.74, 6) is 0.221. The van der Waals surface area contributed by atoms with Crippen LogP contribution in [0.5, 0.6) is 5.75 Å². The first-order valence-electron chi connectivity index (χ1n) is 9.39. The smallest absolute Gasteiger partial charge is 0.321 e. The van der Waals surface area contributed by atoms with Crippen molar-refractivity contribution >= 4 is 39.9 Å². The molecule has 6 N–H and O–H groups in total. The fraction of sp³-hybridized carbons (Fsp3) is 0.238. The highest BCUT2D eigenvalue weighted by Crippen LogP contribution is 2.38. The van der Waals surface area contributed by atoms with E-state index < -0.39 is 6.03 Å². The second-order valence-corrected chi connectivity index (χ2v) is 7.21. The Morgan fingerprint density at radius 3 is 2.72 bits per heavy atom. The van der Waals surface area contributed by atoms with Crippen LogP contribution < -0.4 is 16.4 Å². The molecule has 0 saturated carbocycles. The van der Waals surface area contributed by atoms with Crippen molar-refractivity contribution in [3.05, 3.63) is 46.7 Å². The van der Waals surface area contributed by atoms with Crippen molar-refractivity contribution in [1.29, 1.82) is 0 Å². The van der Waals surface area contributed by atoms with Gasteiger partial charge in [-0.2, -0.15) is 0 Å². The summed E-state index contributed by atoms with van der Waals surface area (Å²) in [6, 6.07) is 4.44. The number of amides is 4. The van der Waals surface area contributed by atoms with Gasteiger partial charge in [0.2, 0.25) is 0 Å². The minimum atomic E-state index is -0.620. The minimum Gasteiger partial charge on any atom is -0.508 e. The lowest BCUT2D eigenvalue weighted by Crippen LogP contribution is -2.42. The highest BCUT2D eigenvalue weighted by molar-refractivity contribution is 6.11. The van der Waals surface area contributed by atoms with Crippen molar-refractivity contribution in [2.45, 2.75) is 20.4 Å². The molecule has 4 rings (SSSR count). The molecule has 8 nitrogen and oxygen atoms in total. The van der Waals surface area contributed by atoms with Crippen LogP contribution in [-0.2, 0) is 6.54 Å². The van der Waals surface area contributed by atoms with Crippen LogP contribution in [0.25, 0.3) is 27.9 Å². The molecule has 8 heteroatoms. The molecule has 0 aliphatic carbocycles. The number of aromatic hydroxyl groups is 1. The van der Waals surface area contributed by atoms with E-state index in [0.29, 0.717) is 6.54 Å². The molecular weight excluding hydrogens is 370 g/mol. The van der Waals surface area contributed by atoms with Crippen LogP contribution in [-0.4, -0.2) is 40.1 Å². The Kier molecular flexibility index (Phi) is 4.54. The fourth-order valence-electron chi connectivity index (χ4n) is 3.98. The predicted octanol–water partition coefficient (Wildman–Crippen LogP) is 2.81. The topological polar surface area (TPSA) is 123 Å². The maximum Gasteiger partial charge on any atom is 0.321 e. The number of nitrogens with one attached hydrogen (secondary N) is 3. The van der Waals surface area contributed by atoms with Gasteiger partial charge in [0.25, 0.3) is 0 Å². The number of rotatable bonds is 3. The maximum absolute atomic E-state index is 12.5. The number of primary amides is 1.